The molecule has 0 saturated heterocycles. The molecule has 0 aliphatic carbocycles. The highest BCUT2D eigenvalue weighted by Gasteiger charge is 2.18. The summed E-state index contributed by atoms with van der Waals surface area (Å²) in [6, 6.07) is 1.83. The fourth-order valence-electron chi connectivity index (χ4n) is 1.05. The lowest BCUT2D eigenvalue weighted by atomic mass is 10.3. The third kappa shape index (κ3) is 2.35. The van der Waals surface area contributed by atoms with Gasteiger partial charge in [0.1, 0.15) is 0 Å². The number of nitrogens with zero attached hydrogens (tertiary/aromatic N) is 1. The Kier molecular flexibility index (Phi) is 3.28. The lowest BCUT2D eigenvalue weighted by Crippen LogP contribution is -2.33. The molecule has 0 unspecified atom stereocenters. The van der Waals surface area contributed by atoms with Crippen LogP contribution in [-0.4, -0.2) is 35.9 Å². The van der Waals surface area contributed by atoms with Crippen LogP contribution in [0.2, 0.25) is 0 Å². The fourth-order valence-corrected chi connectivity index (χ4v) is 1.05. The van der Waals surface area contributed by atoms with Gasteiger partial charge >= 0.3 is 11.9 Å². The van der Waals surface area contributed by atoms with Crippen LogP contribution in [0.15, 0.2) is 18.5 Å². The molecule has 0 aliphatic heterocycles. The van der Waals surface area contributed by atoms with Gasteiger partial charge in [-0.25, -0.2) is 4.79 Å². The average Bonchev–Trinajstić information content (AvgIpc) is 2.68. The number of ether oxygens (including phenoxy) is 1. The van der Waals surface area contributed by atoms with Crippen LogP contribution in [0.5, 0.6) is 0 Å². The summed E-state index contributed by atoms with van der Waals surface area (Å²) < 4.78 is 4.31. The van der Waals surface area contributed by atoms with Crippen molar-refractivity contribution in [3.63, 3.8) is 0 Å². The zero-order valence-electron chi connectivity index (χ0n) is 8.11. The number of likely N-dealkylation sites (N-methyl/N-ethyl adjacent to an activating group) is 1. The molecule has 5 nitrogen and oxygen atoms in total. The van der Waals surface area contributed by atoms with Crippen LogP contribution >= 0.6 is 0 Å². The van der Waals surface area contributed by atoms with Gasteiger partial charge in [0.05, 0.1) is 7.11 Å². The Hall–Kier alpha value is -1.78. The van der Waals surface area contributed by atoms with E-state index in [1.165, 1.54) is 12.0 Å². The summed E-state index contributed by atoms with van der Waals surface area (Å²) in [6.45, 7) is 0.386. The number of hydrogen-bond donors (Lipinski definition) is 1. The molecule has 1 rings (SSSR count). The van der Waals surface area contributed by atoms with Gasteiger partial charge in [0.15, 0.2) is 0 Å². The Morgan fingerprint density at radius 3 is 2.79 bits per heavy atom. The van der Waals surface area contributed by atoms with E-state index in [0.717, 1.165) is 5.56 Å². The van der Waals surface area contributed by atoms with Crippen LogP contribution < -0.4 is 0 Å². The Morgan fingerprint density at radius 2 is 2.29 bits per heavy atom. The summed E-state index contributed by atoms with van der Waals surface area (Å²) in [5.41, 5.74) is 0.935. The second-order valence-corrected chi connectivity index (χ2v) is 2.87. The average molecular weight is 196 g/mol. The van der Waals surface area contributed by atoms with Gasteiger partial charge in [-0.05, 0) is 11.6 Å². The molecule has 76 valence electrons. The SMILES string of the molecule is COC(=O)C(=O)N(C)Cc1cc[nH]c1. The first-order valence-electron chi connectivity index (χ1n) is 4.10. The molecule has 1 aromatic heterocycles. The van der Waals surface area contributed by atoms with Crippen molar-refractivity contribution in [1.29, 1.82) is 0 Å². The number of rotatable bonds is 2. The number of H-pyrrole nitrogens is 1. The molecule has 1 heterocycles. The molecule has 0 fully saturated rings. The van der Waals surface area contributed by atoms with E-state index in [2.05, 4.69) is 9.72 Å². The lowest BCUT2D eigenvalue weighted by molar-refractivity contribution is -0.157. The van der Waals surface area contributed by atoms with Crippen LogP contribution in [0, 0.1) is 0 Å². The van der Waals surface area contributed by atoms with E-state index >= 15 is 0 Å². The number of aromatic nitrogens is 1. The maximum Gasteiger partial charge on any atom is 0.396 e. The van der Waals surface area contributed by atoms with E-state index in [9.17, 15) is 9.59 Å². The van der Waals surface area contributed by atoms with Crippen molar-refractivity contribution in [1.82, 2.24) is 9.88 Å². The molecule has 0 atom stereocenters. The van der Waals surface area contributed by atoms with Crippen LogP contribution in [0.25, 0.3) is 0 Å². The molecular formula is C9H12N2O3. The van der Waals surface area contributed by atoms with E-state index in [-0.39, 0.29) is 0 Å². The molecule has 0 bridgehead atoms. The molecule has 5 heteroatoms. The standard InChI is InChI=1S/C9H12N2O3/c1-11(8(12)9(13)14-2)6-7-3-4-10-5-7/h3-5,10H,6H2,1-2H3. The predicted octanol–water partition coefficient (Wildman–Crippen LogP) is 0.146. The van der Waals surface area contributed by atoms with Crippen molar-refractivity contribution in [2.24, 2.45) is 0 Å². The van der Waals surface area contributed by atoms with Crippen molar-refractivity contribution in [2.75, 3.05) is 14.2 Å². The van der Waals surface area contributed by atoms with Crippen LogP contribution in [0.4, 0.5) is 0 Å². The molecule has 1 aromatic rings. The number of carbonyl (C=O) groups is 2. The van der Waals surface area contributed by atoms with E-state index in [1.807, 2.05) is 6.07 Å². The van der Waals surface area contributed by atoms with Gasteiger partial charge in [-0.3, -0.25) is 4.79 Å². The highest BCUT2D eigenvalue weighted by molar-refractivity contribution is 6.32. The number of carbonyl (C=O) groups excluding carboxylic acids is 2. The van der Waals surface area contributed by atoms with Crippen molar-refractivity contribution in [3.05, 3.63) is 24.0 Å². The highest BCUT2D eigenvalue weighted by Crippen LogP contribution is 2.01. The Labute approximate surface area is 81.7 Å². The summed E-state index contributed by atoms with van der Waals surface area (Å²) in [7, 11) is 2.73. The second kappa shape index (κ2) is 4.45. The maximum absolute atomic E-state index is 11.2. The fraction of sp³-hybridized carbons (Fsp3) is 0.333. The van der Waals surface area contributed by atoms with E-state index in [4.69, 9.17) is 0 Å². The number of methoxy groups -OCH3 is 1. The molecule has 0 aromatic carbocycles. The molecule has 0 aliphatic rings. The van der Waals surface area contributed by atoms with Gasteiger partial charge in [0.25, 0.3) is 0 Å². The zero-order valence-corrected chi connectivity index (χ0v) is 8.11. The zero-order chi connectivity index (χ0) is 10.6. The number of amides is 1. The van der Waals surface area contributed by atoms with Crippen LogP contribution in [0.3, 0.4) is 0 Å². The molecule has 1 N–H and O–H groups in total. The van der Waals surface area contributed by atoms with Crippen LogP contribution in [-0.2, 0) is 20.9 Å². The number of nitrogens with one attached hydrogen (secondary N) is 1. The summed E-state index contributed by atoms with van der Waals surface area (Å²) in [6.07, 6.45) is 3.52. The summed E-state index contributed by atoms with van der Waals surface area (Å²) in [4.78, 5) is 26.3. The number of aromatic amines is 1. The van der Waals surface area contributed by atoms with Gasteiger partial charge in [0, 0.05) is 26.0 Å². The minimum Gasteiger partial charge on any atom is -0.462 e. The molecule has 1 amide bonds. The van der Waals surface area contributed by atoms with Gasteiger partial charge < -0.3 is 14.6 Å². The van der Waals surface area contributed by atoms with E-state index in [0.29, 0.717) is 6.54 Å². The molecule has 14 heavy (non-hydrogen) atoms. The summed E-state index contributed by atoms with van der Waals surface area (Å²) >= 11 is 0. The molecule has 0 radical (unpaired) electrons. The number of hydrogen-bond acceptors (Lipinski definition) is 3. The Morgan fingerprint density at radius 1 is 1.57 bits per heavy atom. The van der Waals surface area contributed by atoms with E-state index in [1.54, 1.807) is 19.4 Å². The molecular weight excluding hydrogens is 184 g/mol. The first-order valence-corrected chi connectivity index (χ1v) is 4.10. The number of esters is 1. The lowest BCUT2D eigenvalue weighted by Gasteiger charge is -2.13. The highest BCUT2D eigenvalue weighted by atomic mass is 16.5. The van der Waals surface area contributed by atoms with Crippen LogP contribution in [0.1, 0.15) is 5.56 Å². The van der Waals surface area contributed by atoms with Crippen molar-refractivity contribution >= 4 is 11.9 Å². The van der Waals surface area contributed by atoms with Gasteiger partial charge in [-0.2, -0.15) is 0 Å². The van der Waals surface area contributed by atoms with Gasteiger partial charge in [-0.15, -0.1) is 0 Å². The Bertz CT molecular complexity index is 319. The molecule has 0 saturated carbocycles. The normalized spacial score (nSPS) is 9.57. The summed E-state index contributed by atoms with van der Waals surface area (Å²) in [5.74, 6) is -1.49. The minimum atomic E-state index is -0.844. The van der Waals surface area contributed by atoms with Crippen molar-refractivity contribution < 1.29 is 14.3 Å². The Balaban J connectivity index is 2.54. The first-order chi connectivity index (χ1) is 6.65. The predicted molar refractivity (Wildman–Crippen MR) is 49.3 cm³/mol. The van der Waals surface area contributed by atoms with Gasteiger partial charge in [-0.1, -0.05) is 0 Å². The van der Waals surface area contributed by atoms with Crippen molar-refractivity contribution in [3.8, 4) is 0 Å². The topological polar surface area (TPSA) is 62.4 Å². The molecule has 0 spiro atoms. The maximum atomic E-state index is 11.2. The van der Waals surface area contributed by atoms with Crippen molar-refractivity contribution in [2.45, 2.75) is 6.54 Å². The smallest absolute Gasteiger partial charge is 0.396 e. The van der Waals surface area contributed by atoms with Gasteiger partial charge in [0.2, 0.25) is 0 Å². The second-order valence-electron chi connectivity index (χ2n) is 2.87. The largest absolute Gasteiger partial charge is 0.462 e. The van der Waals surface area contributed by atoms with E-state index < -0.39 is 11.9 Å². The summed E-state index contributed by atoms with van der Waals surface area (Å²) in [5, 5.41) is 0. The quantitative estimate of drug-likeness (QED) is 0.541. The first kappa shape index (κ1) is 10.3. The third-order valence-corrected chi connectivity index (χ3v) is 1.79. The minimum absolute atomic E-state index is 0.386. The monoisotopic (exact) mass is 196 g/mol. The third-order valence-electron chi connectivity index (χ3n) is 1.79.